The molecule has 3 heterocycles. The van der Waals surface area contributed by atoms with Crippen LogP contribution in [0.4, 0.5) is 23.0 Å². The molecule has 3 aromatic heterocycles. The van der Waals surface area contributed by atoms with Gasteiger partial charge in [-0.2, -0.15) is 5.10 Å². The average Bonchev–Trinajstić information content (AvgIpc) is 3.34. The van der Waals surface area contributed by atoms with E-state index in [2.05, 4.69) is 35.9 Å². The second-order valence-electron chi connectivity index (χ2n) is 7.88. The van der Waals surface area contributed by atoms with E-state index in [1.807, 2.05) is 32.0 Å². The number of rotatable bonds is 11. The van der Waals surface area contributed by atoms with Crippen molar-refractivity contribution in [1.29, 1.82) is 0 Å². The predicted octanol–water partition coefficient (Wildman–Crippen LogP) is 4.54. The van der Waals surface area contributed by atoms with Crippen molar-refractivity contribution in [2.24, 2.45) is 7.05 Å². The summed E-state index contributed by atoms with van der Waals surface area (Å²) in [7, 11) is 3.38. The number of pyridine rings is 1. The van der Waals surface area contributed by atoms with E-state index < -0.39 is 0 Å². The minimum Gasteiger partial charge on any atom is -0.494 e. The first kappa shape index (κ1) is 24.6. The molecule has 4 rings (SSSR count). The van der Waals surface area contributed by atoms with Crippen LogP contribution in [0.3, 0.4) is 0 Å². The number of Topliss-reactive ketones (excluding diaryl/α,β-unsaturated/α-hetero) is 1. The summed E-state index contributed by atoms with van der Waals surface area (Å²) in [5.74, 6) is 2.48. The van der Waals surface area contributed by atoms with Gasteiger partial charge in [0, 0.05) is 31.8 Å². The maximum atomic E-state index is 12.7. The Bertz CT molecular complexity index is 1340. The zero-order chi connectivity index (χ0) is 25.5. The van der Waals surface area contributed by atoms with Crippen LogP contribution in [0.5, 0.6) is 11.6 Å². The lowest BCUT2D eigenvalue weighted by molar-refractivity contribution is 0.0988. The van der Waals surface area contributed by atoms with E-state index >= 15 is 0 Å². The third-order valence-electron chi connectivity index (χ3n) is 5.20. The van der Waals surface area contributed by atoms with Crippen LogP contribution in [0.25, 0.3) is 11.4 Å². The second-order valence-corrected chi connectivity index (χ2v) is 7.88. The molecule has 0 aliphatic heterocycles. The summed E-state index contributed by atoms with van der Waals surface area (Å²) in [6, 6.07) is 10.8. The third-order valence-corrected chi connectivity index (χ3v) is 5.20. The average molecular weight is 489 g/mol. The molecule has 186 valence electrons. The number of nitrogens with one attached hydrogen (secondary N) is 2. The van der Waals surface area contributed by atoms with E-state index in [0.29, 0.717) is 59.1 Å². The van der Waals surface area contributed by atoms with E-state index in [9.17, 15) is 4.79 Å². The number of ketones is 1. The number of ether oxygens (including phenoxy) is 2. The Kier molecular flexibility index (Phi) is 7.69. The lowest BCUT2D eigenvalue weighted by Crippen LogP contribution is -2.07. The summed E-state index contributed by atoms with van der Waals surface area (Å²) in [4.78, 5) is 21.4. The van der Waals surface area contributed by atoms with Crippen molar-refractivity contribution < 1.29 is 14.3 Å². The molecule has 11 heteroatoms. The molecular weight excluding hydrogens is 460 g/mol. The standard InChI is InChI=1S/C25H28N8O3/c1-5-12-36-23-11-10-21(30-31-23)29-22-13-19(17(14-26-22)20(34)6-2)28-18-9-7-8-16(24(18)35-4)25-27-15-33(3)32-25/h7-11,13-15H,5-6,12H2,1-4H3,(H2,26,28,29,30). The van der Waals surface area contributed by atoms with Gasteiger partial charge in [0.05, 0.1) is 36.2 Å². The van der Waals surface area contributed by atoms with Crippen LogP contribution < -0.4 is 20.1 Å². The minimum absolute atomic E-state index is 0.0460. The molecule has 2 N–H and O–H groups in total. The van der Waals surface area contributed by atoms with Crippen LogP contribution in [0.1, 0.15) is 37.0 Å². The zero-order valence-corrected chi connectivity index (χ0v) is 20.6. The number of hydrogen-bond donors (Lipinski definition) is 2. The van der Waals surface area contributed by atoms with Crippen molar-refractivity contribution in [3.63, 3.8) is 0 Å². The fraction of sp³-hybridized carbons (Fsp3) is 0.280. The number of aryl methyl sites for hydroxylation is 1. The van der Waals surface area contributed by atoms with Crippen molar-refractivity contribution in [3.05, 3.63) is 54.5 Å². The van der Waals surface area contributed by atoms with E-state index in [-0.39, 0.29) is 5.78 Å². The summed E-state index contributed by atoms with van der Waals surface area (Å²) in [5.41, 5.74) is 2.40. The van der Waals surface area contributed by atoms with E-state index in [4.69, 9.17) is 9.47 Å². The first-order valence-electron chi connectivity index (χ1n) is 11.6. The smallest absolute Gasteiger partial charge is 0.233 e. The Hall–Kier alpha value is -4.54. The molecule has 0 fully saturated rings. The summed E-state index contributed by atoms with van der Waals surface area (Å²) in [5, 5.41) is 19.0. The molecule has 0 aliphatic rings. The zero-order valence-electron chi connectivity index (χ0n) is 20.6. The number of methoxy groups -OCH3 is 1. The molecule has 1 aromatic carbocycles. The first-order valence-corrected chi connectivity index (χ1v) is 11.6. The monoisotopic (exact) mass is 488 g/mol. The number of carbonyl (C=O) groups is 1. The van der Waals surface area contributed by atoms with Crippen molar-refractivity contribution in [3.8, 4) is 23.0 Å². The highest BCUT2D eigenvalue weighted by Gasteiger charge is 2.18. The molecule has 11 nitrogen and oxygen atoms in total. The Morgan fingerprint density at radius 1 is 1.03 bits per heavy atom. The topological polar surface area (TPSA) is 129 Å². The second kappa shape index (κ2) is 11.3. The maximum Gasteiger partial charge on any atom is 0.233 e. The van der Waals surface area contributed by atoms with Crippen LogP contribution >= 0.6 is 0 Å². The Balaban J connectivity index is 1.65. The molecule has 0 bridgehead atoms. The highest BCUT2D eigenvalue weighted by atomic mass is 16.5. The van der Waals surface area contributed by atoms with Gasteiger partial charge in [0.1, 0.15) is 12.1 Å². The number of hydrogen-bond acceptors (Lipinski definition) is 10. The number of anilines is 4. The van der Waals surface area contributed by atoms with Gasteiger partial charge < -0.3 is 20.1 Å². The number of nitrogens with zero attached hydrogens (tertiary/aromatic N) is 6. The largest absolute Gasteiger partial charge is 0.494 e. The number of benzene rings is 1. The summed E-state index contributed by atoms with van der Waals surface area (Å²) in [6.07, 6.45) is 4.39. The molecular formula is C25H28N8O3. The van der Waals surface area contributed by atoms with Gasteiger partial charge in [-0.1, -0.05) is 19.9 Å². The molecule has 4 aromatic rings. The molecule has 0 saturated carbocycles. The SMILES string of the molecule is CCCOc1ccc(Nc2cc(Nc3cccc(-c4ncn(C)n4)c3OC)c(C(=O)CC)cn2)nn1. The summed E-state index contributed by atoms with van der Waals surface area (Å²) >= 11 is 0. The van der Waals surface area contributed by atoms with Crippen LogP contribution in [0, 0.1) is 0 Å². The summed E-state index contributed by atoms with van der Waals surface area (Å²) < 4.78 is 12.8. The first-order chi connectivity index (χ1) is 17.5. The van der Waals surface area contributed by atoms with Gasteiger partial charge in [-0.3, -0.25) is 9.48 Å². The van der Waals surface area contributed by atoms with Crippen LogP contribution in [-0.4, -0.2) is 49.4 Å². The van der Waals surface area contributed by atoms with Gasteiger partial charge in [0.25, 0.3) is 0 Å². The van der Waals surface area contributed by atoms with Crippen molar-refractivity contribution in [1.82, 2.24) is 29.9 Å². The number of para-hydroxylation sites is 1. The number of carbonyl (C=O) groups excluding carboxylic acids is 1. The van der Waals surface area contributed by atoms with Crippen molar-refractivity contribution in [2.45, 2.75) is 26.7 Å². The normalized spacial score (nSPS) is 10.7. The predicted molar refractivity (Wildman–Crippen MR) is 136 cm³/mol. The molecule has 36 heavy (non-hydrogen) atoms. The van der Waals surface area contributed by atoms with Crippen LogP contribution in [-0.2, 0) is 7.05 Å². The minimum atomic E-state index is -0.0460. The van der Waals surface area contributed by atoms with Crippen LogP contribution in [0.15, 0.2) is 48.9 Å². The van der Waals surface area contributed by atoms with Gasteiger partial charge in [0.2, 0.25) is 5.88 Å². The highest BCUT2D eigenvalue weighted by Crippen LogP contribution is 2.37. The quantitative estimate of drug-likeness (QED) is 0.290. The Labute approximate surface area is 208 Å². The fourth-order valence-electron chi connectivity index (χ4n) is 3.48. The van der Waals surface area contributed by atoms with Crippen molar-refractivity contribution >= 4 is 28.8 Å². The molecule has 0 atom stereocenters. The molecule has 0 aliphatic carbocycles. The fourth-order valence-corrected chi connectivity index (χ4v) is 3.48. The van der Waals surface area contributed by atoms with E-state index in [1.165, 1.54) is 0 Å². The Morgan fingerprint density at radius 3 is 2.56 bits per heavy atom. The Morgan fingerprint density at radius 2 is 1.89 bits per heavy atom. The summed E-state index contributed by atoms with van der Waals surface area (Å²) in [6.45, 7) is 4.41. The van der Waals surface area contributed by atoms with Gasteiger partial charge in [-0.25, -0.2) is 9.97 Å². The van der Waals surface area contributed by atoms with Crippen molar-refractivity contribution in [2.75, 3.05) is 24.4 Å². The molecule has 0 saturated heterocycles. The number of aromatic nitrogens is 6. The molecule has 0 amide bonds. The molecule has 0 unspecified atom stereocenters. The van der Waals surface area contributed by atoms with Crippen LogP contribution in [0.2, 0.25) is 0 Å². The van der Waals surface area contributed by atoms with E-state index in [0.717, 1.165) is 12.0 Å². The van der Waals surface area contributed by atoms with E-state index in [1.54, 1.807) is 49.6 Å². The van der Waals surface area contributed by atoms with Gasteiger partial charge >= 0.3 is 0 Å². The molecule has 0 radical (unpaired) electrons. The molecule has 0 spiro atoms. The van der Waals surface area contributed by atoms with Gasteiger partial charge in [-0.05, 0) is 24.6 Å². The maximum absolute atomic E-state index is 12.7. The van der Waals surface area contributed by atoms with Gasteiger partial charge in [0.15, 0.2) is 23.2 Å². The lowest BCUT2D eigenvalue weighted by Gasteiger charge is -2.17. The highest BCUT2D eigenvalue weighted by molar-refractivity contribution is 6.02. The van der Waals surface area contributed by atoms with Gasteiger partial charge in [-0.15, -0.1) is 10.2 Å². The lowest BCUT2D eigenvalue weighted by atomic mass is 10.1. The third kappa shape index (κ3) is 5.57.